The summed E-state index contributed by atoms with van der Waals surface area (Å²) in [5.41, 5.74) is 2.21. The van der Waals surface area contributed by atoms with Gasteiger partial charge in [-0.05, 0) is 49.8 Å². The van der Waals surface area contributed by atoms with E-state index in [1.807, 2.05) is 13.8 Å². The molecule has 1 N–H and O–H groups in total. The average molecular weight is 238 g/mol. The van der Waals surface area contributed by atoms with Gasteiger partial charge in [-0.15, -0.1) is 0 Å². The van der Waals surface area contributed by atoms with Crippen LogP contribution in [0.15, 0.2) is 0 Å². The lowest BCUT2D eigenvalue weighted by molar-refractivity contribution is 0.0991. The quantitative estimate of drug-likeness (QED) is 0.819. The maximum atomic E-state index is 11.8. The molecule has 1 unspecified atom stereocenters. The molecule has 0 aliphatic carbocycles. The minimum absolute atomic E-state index is 0.235. The third-order valence-corrected chi connectivity index (χ3v) is 4.19. The van der Waals surface area contributed by atoms with Gasteiger partial charge in [-0.1, -0.05) is 6.92 Å². The molecule has 1 aliphatic rings. The second kappa shape index (κ2) is 5.06. The van der Waals surface area contributed by atoms with Crippen LogP contribution in [0.1, 0.15) is 47.1 Å². The Hall–Kier alpha value is -0.740. The number of carbonyl (C=O) groups excluding carboxylic acids is 1. The molecule has 1 aliphatic heterocycles. The highest BCUT2D eigenvalue weighted by atomic mass is 32.1. The Balaban J connectivity index is 2.17. The van der Waals surface area contributed by atoms with Crippen LogP contribution in [0.3, 0.4) is 0 Å². The number of aromatic nitrogens is 1. The number of nitrogens with one attached hydrogen (secondary N) is 1. The van der Waals surface area contributed by atoms with Crippen molar-refractivity contribution in [2.24, 2.45) is 0 Å². The Morgan fingerprint density at radius 2 is 2.44 bits per heavy atom. The Morgan fingerprint density at radius 1 is 1.62 bits per heavy atom. The molecule has 0 amide bonds. The molecular formula is C12H18N2OS. The van der Waals surface area contributed by atoms with Gasteiger partial charge in [0, 0.05) is 12.5 Å². The fourth-order valence-electron chi connectivity index (χ4n) is 2.19. The van der Waals surface area contributed by atoms with E-state index in [-0.39, 0.29) is 5.78 Å². The Labute approximate surface area is 100 Å². The highest BCUT2D eigenvalue weighted by Crippen LogP contribution is 2.23. The van der Waals surface area contributed by atoms with Crippen molar-refractivity contribution in [2.45, 2.75) is 45.6 Å². The normalized spacial score (nSPS) is 20.2. The van der Waals surface area contributed by atoms with Gasteiger partial charge in [0.2, 0.25) is 0 Å². The predicted molar refractivity (Wildman–Crippen MR) is 66.2 cm³/mol. The molecule has 0 bridgehead atoms. The van der Waals surface area contributed by atoms with Gasteiger partial charge in [0.05, 0.1) is 10.6 Å². The van der Waals surface area contributed by atoms with Crippen molar-refractivity contribution in [2.75, 3.05) is 6.54 Å². The number of ketones is 1. The summed E-state index contributed by atoms with van der Waals surface area (Å²) in [5.74, 6) is 0.235. The van der Waals surface area contributed by atoms with Crippen LogP contribution < -0.4 is 5.32 Å². The van der Waals surface area contributed by atoms with E-state index in [1.54, 1.807) is 0 Å². The van der Waals surface area contributed by atoms with E-state index >= 15 is 0 Å². The van der Waals surface area contributed by atoms with Crippen LogP contribution in [0.5, 0.6) is 0 Å². The molecule has 0 radical (unpaired) electrons. The summed E-state index contributed by atoms with van der Waals surface area (Å²) in [6, 6.07) is 0.540. The topological polar surface area (TPSA) is 42.0 Å². The molecule has 1 atom stereocenters. The van der Waals surface area contributed by atoms with Crippen LogP contribution >= 0.6 is 11.5 Å². The van der Waals surface area contributed by atoms with Gasteiger partial charge in [0.15, 0.2) is 5.78 Å². The molecule has 88 valence electrons. The van der Waals surface area contributed by atoms with Gasteiger partial charge >= 0.3 is 0 Å². The standard InChI is InChI=1S/C12H18N2OS/c1-3-11(15)12-10(8(2)14-16-12)7-9-5-4-6-13-9/h9,13H,3-7H2,1-2H3. The van der Waals surface area contributed by atoms with Gasteiger partial charge in [0.1, 0.15) is 0 Å². The first kappa shape index (κ1) is 11.7. The molecule has 3 nitrogen and oxygen atoms in total. The summed E-state index contributed by atoms with van der Waals surface area (Å²) in [6.07, 6.45) is 4.00. The molecular weight excluding hydrogens is 220 g/mol. The largest absolute Gasteiger partial charge is 0.314 e. The maximum absolute atomic E-state index is 11.8. The lowest BCUT2D eigenvalue weighted by atomic mass is 10.0. The van der Waals surface area contributed by atoms with Crippen molar-refractivity contribution in [1.82, 2.24) is 9.69 Å². The van der Waals surface area contributed by atoms with Crippen molar-refractivity contribution >= 4 is 17.3 Å². The fraction of sp³-hybridized carbons (Fsp3) is 0.667. The van der Waals surface area contributed by atoms with Crippen LogP contribution in [-0.2, 0) is 6.42 Å². The number of rotatable bonds is 4. The summed E-state index contributed by atoms with van der Waals surface area (Å²) in [5, 5.41) is 3.47. The SMILES string of the molecule is CCC(=O)c1snc(C)c1CC1CCCN1. The van der Waals surface area contributed by atoms with Gasteiger partial charge in [-0.2, -0.15) is 4.37 Å². The summed E-state index contributed by atoms with van der Waals surface area (Å²) in [4.78, 5) is 12.7. The zero-order valence-corrected chi connectivity index (χ0v) is 10.7. The van der Waals surface area contributed by atoms with Crippen molar-refractivity contribution < 1.29 is 4.79 Å². The highest BCUT2D eigenvalue weighted by molar-refractivity contribution is 7.08. The van der Waals surface area contributed by atoms with E-state index in [0.29, 0.717) is 12.5 Å². The highest BCUT2D eigenvalue weighted by Gasteiger charge is 2.21. The molecule has 2 rings (SSSR count). The first-order valence-electron chi connectivity index (χ1n) is 5.94. The molecule has 2 heterocycles. The number of nitrogens with zero attached hydrogens (tertiary/aromatic N) is 1. The van der Waals surface area contributed by atoms with Crippen LogP contribution in [0.25, 0.3) is 0 Å². The smallest absolute Gasteiger partial charge is 0.174 e. The van der Waals surface area contributed by atoms with Crippen molar-refractivity contribution in [3.05, 3.63) is 16.1 Å². The maximum Gasteiger partial charge on any atom is 0.174 e. The second-order valence-corrected chi connectivity index (χ2v) is 5.12. The first-order chi connectivity index (χ1) is 7.72. The third kappa shape index (κ3) is 2.33. The minimum atomic E-state index is 0.235. The molecule has 0 saturated carbocycles. The lowest BCUT2D eigenvalue weighted by Gasteiger charge is -2.10. The summed E-state index contributed by atoms with van der Waals surface area (Å²) < 4.78 is 4.32. The van der Waals surface area contributed by atoms with E-state index in [1.165, 1.54) is 29.9 Å². The Bertz CT molecular complexity index is 380. The van der Waals surface area contributed by atoms with Gasteiger partial charge in [0.25, 0.3) is 0 Å². The predicted octanol–water partition coefficient (Wildman–Crippen LogP) is 2.34. The number of Topliss-reactive ketones (excluding diaryl/α,β-unsaturated/α-hetero) is 1. The fourth-order valence-corrected chi connectivity index (χ4v) is 3.11. The average Bonchev–Trinajstić information content (AvgIpc) is 2.90. The summed E-state index contributed by atoms with van der Waals surface area (Å²) >= 11 is 1.36. The third-order valence-electron chi connectivity index (χ3n) is 3.17. The van der Waals surface area contributed by atoms with Gasteiger partial charge in [-0.25, -0.2) is 0 Å². The van der Waals surface area contributed by atoms with Crippen LogP contribution in [0.2, 0.25) is 0 Å². The number of carbonyl (C=O) groups is 1. The van der Waals surface area contributed by atoms with E-state index in [4.69, 9.17) is 0 Å². The first-order valence-corrected chi connectivity index (χ1v) is 6.71. The lowest BCUT2D eigenvalue weighted by Crippen LogP contribution is -2.24. The molecule has 0 aromatic carbocycles. The second-order valence-electron chi connectivity index (χ2n) is 4.35. The molecule has 0 spiro atoms. The van der Waals surface area contributed by atoms with E-state index in [9.17, 15) is 4.79 Å². The summed E-state index contributed by atoms with van der Waals surface area (Å²) in [7, 11) is 0. The van der Waals surface area contributed by atoms with E-state index in [0.717, 1.165) is 23.5 Å². The van der Waals surface area contributed by atoms with E-state index < -0.39 is 0 Å². The molecule has 1 aromatic heterocycles. The Morgan fingerprint density at radius 3 is 3.06 bits per heavy atom. The minimum Gasteiger partial charge on any atom is -0.314 e. The molecule has 1 saturated heterocycles. The summed E-state index contributed by atoms with van der Waals surface area (Å²) in [6.45, 7) is 5.03. The van der Waals surface area contributed by atoms with Crippen molar-refractivity contribution in [3.8, 4) is 0 Å². The molecule has 4 heteroatoms. The van der Waals surface area contributed by atoms with Gasteiger partial charge in [-0.3, -0.25) is 4.79 Å². The van der Waals surface area contributed by atoms with Crippen molar-refractivity contribution in [3.63, 3.8) is 0 Å². The van der Waals surface area contributed by atoms with Crippen LogP contribution in [-0.4, -0.2) is 22.7 Å². The van der Waals surface area contributed by atoms with Crippen molar-refractivity contribution in [1.29, 1.82) is 0 Å². The zero-order valence-electron chi connectivity index (χ0n) is 9.88. The molecule has 1 aromatic rings. The Kier molecular flexibility index (Phi) is 3.71. The van der Waals surface area contributed by atoms with Crippen LogP contribution in [0, 0.1) is 6.92 Å². The number of hydrogen-bond acceptors (Lipinski definition) is 4. The van der Waals surface area contributed by atoms with Gasteiger partial charge < -0.3 is 5.32 Å². The monoisotopic (exact) mass is 238 g/mol. The zero-order chi connectivity index (χ0) is 11.5. The molecule has 1 fully saturated rings. The van der Waals surface area contributed by atoms with E-state index in [2.05, 4.69) is 9.69 Å². The van der Waals surface area contributed by atoms with Crippen LogP contribution in [0.4, 0.5) is 0 Å². The number of hydrogen-bond donors (Lipinski definition) is 1. The number of aryl methyl sites for hydroxylation is 1. The molecule has 16 heavy (non-hydrogen) atoms.